The van der Waals surface area contributed by atoms with E-state index < -0.39 is 10.0 Å². The first-order valence-corrected chi connectivity index (χ1v) is 8.97. The fourth-order valence-corrected chi connectivity index (χ4v) is 3.89. The lowest BCUT2D eigenvalue weighted by Gasteiger charge is -2.17. The van der Waals surface area contributed by atoms with E-state index in [2.05, 4.69) is 15.0 Å². The Balaban J connectivity index is 1.69. The molecule has 0 aliphatic carbocycles. The average molecular weight is 349 g/mol. The minimum atomic E-state index is -3.54. The molecule has 9 heteroatoms. The number of hydrogen-bond donors (Lipinski definition) is 0. The molecular weight excluding hydrogens is 330 g/mol. The van der Waals surface area contributed by atoms with Gasteiger partial charge < -0.3 is 9.64 Å². The molecule has 128 valence electrons. The number of nitrogens with zero attached hydrogens (tertiary/aromatic N) is 5. The molecular formula is C15H19N5O3S. The van der Waals surface area contributed by atoms with Crippen molar-refractivity contribution >= 4 is 15.8 Å². The highest BCUT2D eigenvalue weighted by atomic mass is 32.2. The van der Waals surface area contributed by atoms with Gasteiger partial charge in [0.25, 0.3) is 0 Å². The zero-order chi connectivity index (χ0) is 17.2. The molecule has 0 saturated carbocycles. The van der Waals surface area contributed by atoms with E-state index in [4.69, 9.17) is 4.74 Å². The second-order valence-electron chi connectivity index (χ2n) is 5.69. The van der Waals surface area contributed by atoms with Crippen molar-refractivity contribution in [2.24, 2.45) is 0 Å². The molecule has 3 heterocycles. The van der Waals surface area contributed by atoms with Gasteiger partial charge in [-0.25, -0.2) is 8.42 Å². The zero-order valence-corrected chi connectivity index (χ0v) is 14.3. The highest BCUT2D eigenvalue weighted by molar-refractivity contribution is 7.89. The van der Waals surface area contributed by atoms with Gasteiger partial charge in [-0.15, -0.1) is 0 Å². The lowest BCUT2D eigenvalue weighted by molar-refractivity contribution is 0.206. The van der Waals surface area contributed by atoms with Crippen LogP contribution in [0.1, 0.15) is 6.42 Å². The molecule has 2 aromatic heterocycles. The predicted molar refractivity (Wildman–Crippen MR) is 88.4 cm³/mol. The Hall–Kier alpha value is -2.26. The van der Waals surface area contributed by atoms with Crippen LogP contribution in [0.25, 0.3) is 0 Å². The Labute approximate surface area is 141 Å². The molecule has 0 amide bonds. The molecule has 0 bridgehead atoms. The summed E-state index contributed by atoms with van der Waals surface area (Å²) in [6.07, 6.45) is 6.43. The van der Waals surface area contributed by atoms with Gasteiger partial charge in [0, 0.05) is 33.0 Å². The van der Waals surface area contributed by atoms with Crippen LogP contribution in [0.4, 0.5) is 5.82 Å². The average Bonchev–Trinajstić information content (AvgIpc) is 3.05. The molecule has 3 rings (SSSR count). The largest absolute Gasteiger partial charge is 0.472 e. The molecule has 1 fully saturated rings. The number of rotatable bonds is 5. The summed E-state index contributed by atoms with van der Waals surface area (Å²) in [5, 5.41) is 0. The minimum Gasteiger partial charge on any atom is -0.472 e. The van der Waals surface area contributed by atoms with E-state index in [0.717, 1.165) is 0 Å². The Morgan fingerprint density at radius 3 is 2.79 bits per heavy atom. The molecule has 1 aliphatic heterocycles. The maximum absolute atomic E-state index is 12.6. The van der Waals surface area contributed by atoms with Crippen LogP contribution in [0.5, 0.6) is 5.88 Å². The van der Waals surface area contributed by atoms with E-state index >= 15 is 0 Å². The van der Waals surface area contributed by atoms with Crippen molar-refractivity contribution in [1.29, 1.82) is 0 Å². The van der Waals surface area contributed by atoms with Gasteiger partial charge in [0.2, 0.25) is 15.9 Å². The van der Waals surface area contributed by atoms with Crippen molar-refractivity contribution < 1.29 is 13.2 Å². The molecule has 0 radical (unpaired) electrons. The van der Waals surface area contributed by atoms with Gasteiger partial charge in [0.05, 0.1) is 18.9 Å². The summed E-state index contributed by atoms with van der Waals surface area (Å²) in [4.78, 5) is 14.3. The maximum Gasteiger partial charge on any atom is 0.244 e. The van der Waals surface area contributed by atoms with Crippen molar-refractivity contribution in [3.8, 4) is 5.88 Å². The second-order valence-corrected chi connectivity index (χ2v) is 7.63. The van der Waals surface area contributed by atoms with Gasteiger partial charge in [0.1, 0.15) is 11.0 Å². The molecule has 0 unspecified atom stereocenters. The number of anilines is 1. The Kier molecular flexibility index (Phi) is 4.63. The smallest absolute Gasteiger partial charge is 0.244 e. The topological polar surface area (TPSA) is 88.5 Å². The standard InChI is InChI=1S/C15H19N5O3S/c1-19(2)14-9-17-10-15(18-14)23-12-5-7-20(11-12)24(21,22)13-4-3-6-16-8-13/h3-4,6,8-10,12H,5,7,11H2,1-2H3/t12-/m0/s1. The van der Waals surface area contributed by atoms with Crippen molar-refractivity contribution in [1.82, 2.24) is 19.3 Å². The monoisotopic (exact) mass is 349 g/mol. The van der Waals surface area contributed by atoms with E-state index in [9.17, 15) is 8.42 Å². The summed E-state index contributed by atoms with van der Waals surface area (Å²) in [6, 6.07) is 3.15. The third kappa shape index (κ3) is 3.46. The van der Waals surface area contributed by atoms with Crippen LogP contribution in [0.15, 0.2) is 41.8 Å². The van der Waals surface area contributed by atoms with E-state index in [-0.39, 0.29) is 17.5 Å². The first-order valence-electron chi connectivity index (χ1n) is 7.53. The lowest BCUT2D eigenvalue weighted by Crippen LogP contribution is -2.31. The summed E-state index contributed by atoms with van der Waals surface area (Å²) < 4.78 is 32.4. The third-order valence-electron chi connectivity index (χ3n) is 3.73. The quantitative estimate of drug-likeness (QED) is 0.788. The van der Waals surface area contributed by atoms with Gasteiger partial charge in [-0.1, -0.05) is 0 Å². The summed E-state index contributed by atoms with van der Waals surface area (Å²) >= 11 is 0. The number of pyridine rings is 1. The molecule has 0 N–H and O–H groups in total. The van der Waals surface area contributed by atoms with E-state index in [1.807, 2.05) is 19.0 Å². The summed E-state index contributed by atoms with van der Waals surface area (Å²) in [7, 11) is 0.194. The van der Waals surface area contributed by atoms with Gasteiger partial charge in [-0.3, -0.25) is 9.97 Å². The highest BCUT2D eigenvalue weighted by Crippen LogP contribution is 2.23. The molecule has 1 atom stereocenters. The van der Waals surface area contributed by atoms with Crippen molar-refractivity contribution in [3.63, 3.8) is 0 Å². The number of sulfonamides is 1. The molecule has 1 saturated heterocycles. The van der Waals surface area contributed by atoms with Crippen LogP contribution in [0.2, 0.25) is 0 Å². The number of ether oxygens (including phenoxy) is 1. The minimum absolute atomic E-state index is 0.194. The van der Waals surface area contributed by atoms with Crippen LogP contribution in [-0.2, 0) is 10.0 Å². The molecule has 0 aromatic carbocycles. The molecule has 24 heavy (non-hydrogen) atoms. The fraction of sp³-hybridized carbons (Fsp3) is 0.400. The van der Waals surface area contributed by atoms with Gasteiger partial charge in [-0.05, 0) is 18.6 Å². The predicted octanol–water partition coefficient (Wildman–Crippen LogP) is 0.780. The van der Waals surface area contributed by atoms with Crippen LogP contribution < -0.4 is 9.64 Å². The molecule has 1 aliphatic rings. The summed E-state index contributed by atoms with van der Waals surface area (Å²) in [5.41, 5.74) is 0. The maximum atomic E-state index is 12.6. The Morgan fingerprint density at radius 1 is 1.25 bits per heavy atom. The van der Waals surface area contributed by atoms with Gasteiger partial charge in [-0.2, -0.15) is 9.29 Å². The lowest BCUT2D eigenvalue weighted by atomic mass is 10.3. The summed E-state index contributed by atoms with van der Waals surface area (Å²) in [6.45, 7) is 0.688. The fourth-order valence-electron chi connectivity index (χ4n) is 2.44. The Morgan fingerprint density at radius 2 is 2.08 bits per heavy atom. The SMILES string of the molecule is CN(C)c1cncc(O[C@H]2CCN(S(=O)(=O)c3cccnc3)C2)n1. The highest BCUT2D eigenvalue weighted by Gasteiger charge is 2.34. The second kappa shape index (κ2) is 6.70. The van der Waals surface area contributed by atoms with Crippen LogP contribution in [0.3, 0.4) is 0 Å². The van der Waals surface area contributed by atoms with Crippen molar-refractivity contribution in [2.75, 3.05) is 32.1 Å². The molecule has 2 aromatic rings. The van der Waals surface area contributed by atoms with Crippen LogP contribution in [0, 0.1) is 0 Å². The van der Waals surface area contributed by atoms with Gasteiger partial charge >= 0.3 is 0 Å². The van der Waals surface area contributed by atoms with Crippen molar-refractivity contribution in [2.45, 2.75) is 17.4 Å². The van der Waals surface area contributed by atoms with E-state index in [0.29, 0.717) is 24.7 Å². The van der Waals surface area contributed by atoms with Crippen LogP contribution in [-0.4, -0.2) is 61.0 Å². The van der Waals surface area contributed by atoms with E-state index in [1.54, 1.807) is 24.5 Å². The van der Waals surface area contributed by atoms with Crippen molar-refractivity contribution in [3.05, 3.63) is 36.9 Å². The normalized spacial score (nSPS) is 18.5. The molecule has 8 nitrogen and oxygen atoms in total. The summed E-state index contributed by atoms with van der Waals surface area (Å²) in [5.74, 6) is 1.08. The molecule has 0 spiro atoms. The zero-order valence-electron chi connectivity index (χ0n) is 13.5. The number of aromatic nitrogens is 3. The first-order chi connectivity index (χ1) is 11.5. The van der Waals surface area contributed by atoms with E-state index in [1.165, 1.54) is 16.7 Å². The van der Waals surface area contributed by atoms with Gasteiger partial charge in [0.15, 0.2) is 5.82 Å². The third-order valence-corrected chi connectivity index (χ3v) is 5.57. The number of hydrogen-bond acceptors (Lipinski definition) is 7. The Bertz CT molecular complexity index is 798. The first kappa shape index (κ1) is 16.6. The van der Waals surface area contributed by atoms with Crippen LogP contribution >= 0.6 is 0 Å².